The summed E-state index contributed by atoms with van der Waals surface area (Å²) in [5.41, 5.74) is 2.10. The van der Waals surface area contributed by atoms with E-state index < -0.39 is 0 Å². The van der Waals surface area contributed by atoms with Crippen molar-refractivity contribution >= 4 is 0 Å². The smallest absolute Gasteiger partial charge is 0.0544 e. The van der Waals surface area contributed by atoms with Gasteiger partial charge in [0, 0.05) is 24.9 Å². The molecule has 0 aliphatic heterocycles. The molecule has 1 aromatic rings. The number of pyridine rings is 1. The van der Waals surface area contributed by atoms with E-state index in [-0.39, 0.29) is 6.61 Å². The Morgan fingerprint density at radius 2 is 2.12 bits per heavy atom. The lowest BCUT2D eigenvalue weighted by Crippen LogP contribution is -2.34. The molecule has 1 unspecified atom stereocenters. The molecule has 16 heavy (non-hydrogen) atoms. The van der Waals surface area contributed by atoms with Gasteiger partial charge in [0.1, 0.15) is 0 Å². The number of aliphatic hydroxyl groups is 1. The van der Waals surface area contributed by atoms with E-state index in [1.165, 1.54) is 0 Å². The quantitative estimate of drug-likeness (QED) is 0.772. The number of rotatable bonds is 6. The molecule has 0 bridgehead atoms. The Morgan fingerprint density at radius 1 is 1.38 bits per heavy atom. The number of hydrogen-bond acceptors (Lipinski definition) is 3. The standard InChI is InChI=1S/C13H22N2O/c1-10(2)13(7-8-16)14-9-12-6-4-5-11(3)15-12/h4-6,10,13-14,16H,7-9H2,1-3H3. The lowest BCUT2D eigenvalue weighted by Gasteiger charge is -2.21. The molecule has 1 rings (SSSR count). The van der Waals surface area contributed by atoms with Crippen LogP contribution in [-0.4, -0.2) is 22.7 Å². The SMILES string of the molecule is Cc1cccc(CNC(CCO)C(C)C)n1. The summed E-state index contributed by atoms with van der Waals surface area (Å²) in [7, 11) is 0. The number of nitrogens with one attached hydrogen (secondary N) is 1. The molecule has 0 saturated heterocycles. The van der Waals surface area contributed by atoms with E-state index in [0.717, 1.165) is 24.4 Å². The Morgan fingerprint density at radius 3 is 2.69 bits per heavy atom. The zero-order valence-electron chi connectivity index (χ0n) is 10.4. The van der Waals surface area contributed by atoms with Crippen molar-refractivity contribution in [3.8, 4) is 0 Å². The van der Waals surface area contributed by atoms with Crippen LogP contribution < -0.4 is 5.32 Å². The highest BCUT2D eigenvalue weighted by Crippen LogP contribution is 2.07. The lowest BCUT2D eigenvalue weighted by atomic mass is 10.0. The summed E-state index contributed by atoms with van der Waals surface area (Å²) < 4.78 is 0. The average Bonchev–Trinajstić information content (AvgIpc) is 2.24. The minimum absolute atomic E-state index is 0.233. The fourth-order valence-corrected chi connectivity index (χ4v) is 1.74. The largest absolute Gasteiger partial charge is 0.396 e. The predicted octanol–water partition coefficient (Wildman–Crippen LogP) is 1.89. The maximum Gasteiger partial charge on any atom is 0.0544 e. The van der Waals surface area contributed by atoms with Gasteiger partial charge in [-0.25, -0.2) is 0 Å². The van der Waals surface area contributed by atoms with Crippen molar-refractivity contribution in [2.24, 2.45) is 5.92 Å². The molecule has 0 aliphatic rings. The van der Waals surface area contributed by atoms with Gasteiger partial charge in [0.15, 0.2) is 0 Å². The van der Waals surface area contributed by atoms with Gasteiger partial charge in [-0.3, -0.25) is 4.98 Å². The Hall–Kier alpha value is -0.930. The van der Waals surface area contributed by atoms with E-state index in [0.29, 0.717) is 12.0 Å². The molecule has 0 fully saturated rings. The number of aliphatic hydroxyl groups excluding tert-OH is 1. The highest BCUT2D eigenvalue weighted by molar-refractivity contribution is 5.09. The van der Waals surface area contributed by atoms with Crippen LogP contribution in [0.15, 0.2) is 18.2 Å². The first-order valence-electron chi connectivity index (χ1n) is 5.90. The van der Waals surface area contributed by atoms with Crippen molar-refractivity contribution in [3.63, 3.8) is 0 Å². The lowest BCUT2D eigenvalue weighted by molar-refractivity contribution is 0.243. The minimum atomic E-state index is 0.233. The molecular formula is C13H22N2O. The second-order valence-electron chi connectivity index (χ2n) is 4.51. The van der Waals surface area contributed by atoms with E-state index in [2.05, 4.69) is 24.1 Å². The van der Waals surface area contributed by atoms with Crippen molar-refractivity contribution in [3.05, 3.63) is 29.6 Å². The van der Waals surface area contributed by atoms with Crippen LogP contribution in [0.1, 0.15) is 31.7 Å². The van der Waals surface area contributed by atoms with Crippen molar-refractivity contribution in [2.45, 2.75) is 39.8 Å². The molecule has 0 aliphatic carbocycles. The fraction of sp³-hybridized carbons (Fsp3) is 0.615. The van der Waals surface area contributed by atoms with Crippen LogP contribution in [0.25, 0.3) is 0 Å². The van der Waals surface area contributed by atoms with E-state index in [9.17, 15) is 0 Å². The van der Waals surface area contributed by atoms with Crippen LogP contribution in [0, 0.1) is 12.8 Å². The third kappa shape index (κ3) is 4.29. The number of hydrogen-bond donors (Lipinski definition) is 2. The monoisotopic (exact) mass is 222 g/mol. The first kappa shape index (κ1) is 13.1. The van der Waals surface area contributed by atoms with Crippen LogP contribution in [0.4, 0.5) is 0 Å². The van der Waals surface area contributed by atoms with E-state index in [4.69, 9.17) is 5.11 Å². The summed E-state index contributed by atoms with van der Waals surface area (Å²) in [6, 6.07) is 6.40. The van der Waals surface area contributed by atoms with E-state index in [1.54, 1.807) is 0 Å². The minimum Gasteiger partial charge on any atom is -0.396 e. The highest BCUT2D eigenvalue weighted by atomic mass is 16.3. The second-order valence-corrected chi connectivity index (χ2v) is 4.51. The van der Waals surface area contributed by atoms with Gasteiger partial charge in [-0.05, 0) is 31.4 Å². The summed E-state index contributed by atoms with van der Waals surface area (Å²) in [6.07, 6.45) is 0.795. The van der Waals surface area contributed by atoms with Gasteiger partial charge in [0.05, 0.1) is 5.69 Å². The molecule has 0 amide bonds. The van der Waals surface area contributed by atoms with Gasteiger partial charge in [0.25, 0.3) is 0 Å². The van der Waals surface area contributed by atoms with Crippen LogP contribution in [0.2, 0.25) is 0 Å². The Labute approximate surface area is 97.9 Å². The number of nitrogens with zero attached hydrogens (tertiary/aromatic N) is 1. The molecule has 2 N–H and O–H groups in total. The molecule has 0 radical (unpaired) electrons. The molecule has 3 heteroatoms. The Bertz CT molecular complexity index is 313. The van der Waals surface area contributed by atoms with Gasteiger partial charge in [-0.2, -0.15) is 0 Å². The van der Waals surface area contributed by atoms with Gasteiger partial charge in [-0.1, -0.05) is 19.9 Å². The van der Waals surface area contributed by atoms with E-state index in [1.807, 2.05) is 25.1 Å². The average molecular weight is 222 g/mol. The van der Waals surface area contributed by atoms with Crippen molar-refractivity contribution in [1.29, 1.82) is 0 Å². The second kappa shape index (κ2) is 6.61. The maximum atomic E-state index is 8.97. The van der Waals surface area contributed by atoms with Gasteiger partial charge >= 0.3 is 0 Å². The molecule has 0 aromatic carbocycles. The number of aryl methyl sites for hydroxylation is 1. The summed E-state index contributed by atoms with van der Waals surface area (Å²) in [5.74, 6) is 0.525. The third-order valence-electron chi connectivity index (χ3n) is 2.74. The van der Waals surface area contributed by atoms with Crippen molar-refractivity contribution < 1.29 is 5.11 Å². The normalized spacial score (nSPS) is 13.1. The Kier molecular flexibility index (Phi) is 5.43. The fourth-order valence-electron chi connectivity index (χ4n) is 1.74. The van der Waals surface area contributed by atoms with Crippen molar-refractivity contribution in [1.82, 2.24) is 10.3 Å². The maximum absolute atomic E-state index is 8.97. The zero-order chi connectivity index (χ0) is 12.0. The topological polar surface area (TPSA) is 45.1 Å². The van der Waals surface area contributed by atoms with Gasteiger partial charge in [-0.15, -0.1) is 0 Å². The molecule has 90 valence electrons. The summed E-state index contributed by atoms with van der Waals surface area (Å²) in [4.78, 5) is 4.44. The summed E-state index contributed by atoms with van der Waals surface area (Å²) in [5, 5.41) is 12.4. The van der Waals surface area contributed by atoms with Crippen LogP contribution in [0.5, 0.6) is 0 Å². The van der Waals surface area contributed by atoms with Crippen LogP contribution in [-0.2, 0) is 6.54 Å². The summed E-state index contributed by atoms with van der Waals surface area (Å²) >= 11 is 0. The summed E-state index contributed by atoms with van der Waals surface area (Å²) in [6.45, 7) is 7.33. The third-order valence-corrected chi connectivity index (χ3v) is 2.74. The molecular weight excluding hydrogens is 200 g/mol. The number of aromatic nitrogens is 1. The van der Waals surface area contributed by atoms with Gasteiger partial charge < -0.3 is 10.4 Å². The van der Waals surface area contributed by atoms with E-state index >= 15 is 0 Å². The van der Waals surface area contributed by atoms with Crippen LogP contribution >= 0.6 is 0 Å². The molecule has 1 heterocycles. The molecule has 0 spiro atoms. The predicted molar refractivity (Wildman–Crippen MR) is 66.1 cm³/mol. The van der Waals surface area contributed by atoms with Crippen molar-refractivity contribution in [2.75, 3.05) is 6.61 Å². The van der Waals surface area contributed by atoms with Crippen LogP contribution in [0.3, 0.4) is 0 Å². The Balaban J connectivity index is 2.48. The van der Waals surface area contributed by atoms with Gasteiger partial charge in [0.2, 0.25) is 0 Å². The molecule has 0 saturated carbocycles. The molecule has 1 atom stereocenters. The molecule has 3 nitrogen and oxygen atoms in total. The first-order valence-corrected chi connectivity index (χ1v) is 5.90. The zero-order valence-corrected chi connectivity index (χ0v) is 10.4. The molecule has 1 aromatic heterocycles. The highest BCUT2D eigenvalue weighted by Gasteiger charge is 2.11. The first-order chi connectivity index (χ1) is 7.63.